The highest BCUT2D eigenvalue weighted by atomic mass is 16.5. The van der Waals surface area contributed by atoms with Gasteiger partial charge in [-0.2, -0.15) is 0 Å². The van der Waals surface area contributed by atoms with Crippen LogP contribution in [0.1, 0.15) is 32.3 Å². The number of carbonyl (C=O) groups excluding carboxylic acids is 1. The van der Waals surface area contributed by atoms with Crippen LogP contribution in [0.3, 0.4) is 0 Å². The van der Waals surface area contributed by atoms with Gasteiger partial charge in [0, 0.05) is 33.0 Å². The Bertz CT molecular complexity index is 639. The Labute approximate surface area is 174 Å². The summed E-state index contributed by atoms with van der Waals surface area (Å²) in [5, 5.41) is 3.28. The monoisotopic (exact) mass is 402 g/mol. The number of nitrogens with one attached hydrogen (secondary N) is 1. The largest absolute Gasteiger partial charge is 0.475 e. The lowest BCUT2D eigenvalue weighted by molar-refractivity contribution is -0.119. The SMILES string of the molecule is C=N/C(OCC)=C(\N=C/C)NCC1CCN(C=O)CC1.COCc1ccccc1. The fourth-order valence-corrected chi connectivity index (χ4v) is 2.88. The number of hydrogen-bond acceptors (Lipinski definition) is 6. The summed E-state index contributed by atoms with van der Waals surface area (Å²) < 4.78 is 10.3. The van der Waals surface area contributed by atoms with E-state index in [1.54, 1.807) is 13.3 Å². The van der Waals surface area contributed by atoms with Gasteiger partial charge in [-0.3, -0.25) is 4.79 Å². The first-order valence-corrected chi connectivity index (χ1v) is 9.96. The van der Waals surface area contributed by atoms with Crippen molar-refractivity contribution >= 4 is 19.3 Å². The quantitative estimate of drug-likeness (QED) is 0.370. The van der Waals surface area contributed by atoms with Gasteiger partial charge in [0.1, 0.15) is 0 Å². The van der Waals surface area contributed by atoms with Crippen molar-refractivity contribution in [3.63, 3.8) is 0 Å². The number of carbonyl (C=O) groups is 1. The van der Waals surface area contributed by atoms with Crippen LogP contribution >= 0.6 is 0 Å². The highest BCUT2D eigenvalue weighted by Crippen LogP contribution is 2.16. The molecule has 2 rings (SSSR count). The first kappa shape index (κ1) is 24.4. The van der Waals surface area contributed by atoms with Crippen LogP contribution in [0.2, 0.25) is 0 Å². The number of ether oxygens (including phenoxy) is 2. The van der Waals surface area contributed by atoms with Crippen LogP contribution in [0.25, 0.3) is 0 Å². The molecule has 1 amide bonds. The summed E-state index contributed by atoms with van der Waals surface area (Å²) in [6.45, 7) is 10.9. The van der Waals surface area contributed by atoms with Gasteiger partial charge in [0.25, 0.3) is 5.88 Å². The second-order valence-electron chi connectivity index (χ2n) is 6.52. The molecule has 0 aromatic heterocycles. The van der Waals surface area contributed by atoms with Gasteiger partial charge in [0.15, 0.2) is 5.82 Å². The van der Waals surface area contributed by atoms with E-state index in [9.17, 15) is 4.79 Å². The topological polar surface area (TPSA) is 75.5 Å². The summed E-state index contributed by atoms with van der Waals surface area (Å²) in [7, 11) is 1.70. The number of piperidine rings is 1. The van der Waals surface area contributed by atoms with Gasteiger partial charge < -0.3 is 19.7 Å². The van der Waals surface area contributed by atoms with Crippen LogP contribution in [-0.2, 0) is 20.9 Å². The third-order valence-electron chi connectivity index (χ3n) is 4.40. The van der Waals surface area contributed by atoms with E-state index >= 15 is 0 Å². The van der Waals surface area contributed by atoms with Crippen LogP contribution in [0.4, 0.5) is 0 Å². The van der Waals surface area contributed by atoms with E-state index in [1.165, 1.54) is 5.56 Å². The average molecular weight is 403 g/mol. The van der Waals surface area contributed by atoms with Crippen LogP contribution in [0, 0.1) is 5.92 Å². The molecule has 1 aromatic rings. The summed E-state index contributed by atoms with van der Waals surface area (Å²) in [6.07, 6.45) is 4.62. The molecule has 29 heavy (non-hydrogen) atoms. The van der Waals surface area contributed by atoms with Crippen molar-refractivity contribution in [1.29, 1.82) is 0 Å². The Hall–Kier alpha value is -2.67. The predicted molar refractivity (Wildman–Crippen MR) is 118 cm³/mol. The van der Waals surface area contributed by atoms with E-state index in [1.807, 2.05) is 49.1 Å². The molecule has 0 atom stereocenters. The van der Waals surface area contributed by atoms with Gasteiger partial charge in [0.2, 0.25) is 6.41 Å². The van der Waals surface area contributed by atoms with Crippen LogP contribution in [0.15, 0.2) is 52.0 Å². The van der Waals surface area contributed by atoms with Crippen molar-refractivity contribution in [2.24, 2.45) is 15.9 Å². The van der Waals surface area contributed by atoms with Crippen molar-refractivity contribution < 1.29 is 14.3 Å². The summed E-state index contributed by atoms with van der Waals surface area (Å²) in [4.78, 5) is 20.6. The molecule has 0 aliphatic carbocycles. The highest BCUT2D eigenvalue weighted by Gasteiger charge is 2.18. The van der Waals surface area contributed by atoms with Gasteiger partial charge in [0.05, 0.1) is 13.2 Å². The van der Waals surface area contributed by atoms with Crippen LogP contribution in [-0.4, -0.2) is 57.6 Å². The molecule has 7 heteroatoms. The number of aliphatic imine (C=N–C) groups is 2. The smallest absolute Gasteiger partial charge is 0.256 e. The highest BCUT2D eigenvalue weighted by molar-refractivity contribution is 5.55. The maximum absolute atomic E-state index is 10.7. The Morgan fingerprint density at radius 1 is 1.31 bits per heavy atom. The second-order valence-corrected chi connectivity index (χ2v) is 6.52. The number of rotatable bonds is 10. The van der Waals surface area contributed by atoms with Gasteiger partial charge >= 0.3 is 0 Å². The maximum atomic E-state index is 10.7. The molecule has 1 aromatic carbocycles. The molecule has 1 aliphatic heterocycles. The summed E-state index contributed by atoms with van der Waals surface area (Å²) >= 11 is 0. The third kappa shape index (κ3) is 9.89. The number of likely N-dealkylation sites (tertiary alicyclic amines) is 1. The van der Waals surface area contributed by atoms with Crippen LogP contribution < -0.4 is 5.32 Å². The molecule has 1 N–H and O–H groups in total. The molecule has 0 saturated carbocycles. The molecule has 1 aliphatic rings. The van der Waals surface area contributed by atoms with Crippen LogP contribution in [0.5, 0.6) is 0 Å². The van der Waals surface area contributed by atoms with E-state index in [0.717, 1.165) is 38.9 Å². The first-order chi connectivity index (χ1) is 14.2. The van der Waals surface area contributed by atoms with Gasteiger partial charge in [-0.25, -0.2) is 9.98 Å². The maximum Gasteiger partial charge on any atom is 0.256 e. The van der Waals surface area contributed by atoms with E-state index in [-0.39, 0.29) is 0 Å². The molecule has 7 nitrogen and oxygen atoms in total. The summed E-state index contributed by atoms with van der Waals surface area (Å²) in [5.41, 5.74) is 1.22. The number of methoxy groups -OCH3 is 1. The zero-order valence-corrected chi connectivity index (χ0v) is 17.8. The van der Waals surface area contributed by atoms with Crippen molar-refractivity contribution in [2.45, 2.75) is 33.3 Å². The Morgan fingerprint density at radius 2 is 2.00 bits per heavy atom. The predicted octanol–water partition coefficient (Wildman–Crippen LogP) is 3.23. The van der Waals surface area contributed by atoms with E-state index in [4.69, 9.17) is 9.47 Å². The molecule has 1 saturated heterocycles. The molecule has 0 radical (unpaired) electrons. The molecular formula is C22H34N4O3. The molecule has 0 bridgehead atoms. The van der Waals surface area contributed by atoms with Crippen molar-refractivity contribution in [3.05, 3.63) is 47.6 Å². The van der Waals surface area contributed by atoms with E-state index in [0.29, 0.717) is 30.8 Å². The fourth-order valence-electron chi connectivity index (χ4n) is 2.88. The lowest BCUT2D eigenvalue weighted by atomic mass is 9.97. The molecule has 160 valence electrons. The average Bonchev–Trinajstić information content (AvgIpc) is 2.77. The molecule has 0 unspecified atom stereocenters. The van der Waals surface area contributed by atoms with Gasteiger partial charge in [-0.15, -0.1) is 0 Å². The normalized spacial score (nSPS) is 15.2. The first-order valence-electron chi connectivity index (χ1n) is 9.96. The number of nitrogens with zero attached hydrogens (tertiary/aromatic N) is 3. The molecule has 1 heterocycles. The third-order valence-corrected chi connectivity index (χ3v) is 4.40. The lowest BCUT2D eigenvalue weighted by Gasteiger charge is -2.29. The number of hydrogen-bond donors (Lipinski definition) is 1. The van der Waals surface area contributed by atoms with Gasteiger partial charge in [-0.05, 0) is 44.9 Å². The van der Waals surface area contributed by atoms with Crippen molar-refractivity contribution in [2.75, 3.05) is 33.4 Å². The number of amides is 1. The summed E-state index contributed by atoms with van der Waals surface area (Å²) in [6, 6.07) is 10.1. The second kappa shape index (κ2) is 15.3. The Morgan fingerprint density at radius 3 is 2.52 bits per heavy atom. The minimum absolute atomic E-state index is 0.427. The minimum atomic E-state index is 0.427. The number of benzene rings is 1. The Balaban J connectivity index is 0.000000387. The van der Waals surface area contributed by atoms with Crippen molar-refractivity contribution in [1.82, 2.24) is 10.2 Å². The van der Waals surface area contributed by atoms with Crippen molar-refractivity contribution in [3.8, 4) is 0 Å². The van der Waals surface area contributed by atoms with Gasteiger partial charge in [-0.1, -0.05) is 30.3 Å². The van der Waals surface area contributed by atoms with E-state index < -0.39 is 0 Å². The summed E-state index contributed by atoms with van der Waals surface area (Å²) in [5.74, 6) is 1.57. The lowest BCUT2D eigenvalue weighted by Crippen LogP contribution is -2.36. The van der Waals surface area contributed by atoms with E-state index in [2.05, 4.69) is 22.0 Å². The zero-order valence-electron chi connectivity index (χ0n) is 17.8. The molecule has 1 fully saturated rings. The minimum Gasteiger partial charge on any atom is -0.475 e. The zero-order chi connectivity index (χ0) is 21.3. The Kier molecular flexibility index (Phi) is 12.8. The molecular weight excluding hydrogens is 368 g/mol. The fraction of sp³-hybridized carbons (Fsp3) is 0.500. The standard InChI is InChI=1S/C14H24N4O2.C8H10O/c1-4-16-13(14(15-3)20-5-2)17-10-12-6-8-18(11-19)9-7-12;1-9-7-8-5-3-2-4-6-8/h4,11-12,17H,3,5-10H2,1-2H3;2-6H,7H2,1H3/b14-13-,16-4-;. The molecule has 0 spiro atoms.